The highest BCUT2D eigenvalue weighted by atomic mass is 15.3. The summed E-state index contributed by atoms with van der Waals surface area (Å²) in [6, 6.07) is 0. The quantitative estimate of drug-likeness (QED) is 0.406. The molecule has 7 heavy (non-hydrogen) atoms. The van der Waals surface area contributed by atoms with E-state index in [4.69, 9.17) is 0 Å². The average Bonchev–Trinajstić information content (AvgIpc) is 1.68. The minimum atomic E-state index is 1.03. The standard InChI is InChI=1S/C5H12N2/c1-4-5(2)7-6-3/h6H,4H2,1-3H3/b7-5+. The Labute approximate surface area is 44.6 Å². The van der Waals surface area contributed by atoms with E-state index in [0.717, 1.165) is 12.1 Å². The predicted octanol–water partition coefficient (Wildman–Crippen LogP) is 0.992. The molecule has 0 heterocycles. The average molecular weight is 100 g/mol. The molecule has 0 rings (SSSR count). The first kappa shape index (κ1) is 6.47. The Bertz CT molecular complexity index is 66.5. The highest BCUT2D eigenvalue weighted by Crippen LogP contribution is 1.78. The molecule has 0 aromatic heterocycles. The van der Waals surface area contributed by atoms with Crippen LogP contribution in [0.3, 0.4) is 0 Å². The zero-order chi connectivity index (χ0) is 5.70. The van der Waals surface area contributed by atoms with E-state index in [1.54, 1.807) is 7.05 Å². The first-order chi connectivity index (χ1) is 3.31. The van der Waals surface area contributed by atoms with Gasteiger partial charge in [-0.1, -0.05) is 6.92 Å². The van der Waals surface area contributed by atoms with Crippen LogP contribution in [0, 0.1) is 0 Å². The Hall–Kier alpha value is -0.530. The van der Waals surface area contributed by atoms with Gasteiger partial charge >= 0.3 is 0 Å². The second-order valence-electron chi connectivity index (χ2n) is 1.42. The van der Waals surface area contributed by atoms with E-state index < -0.39 is 0 Å². The first-order valence-electron chi connectivity index (χ1n) is 2.51. The van der Waals surface area contributed by atoms with Crippen molar-refractivity contribution in [2.45, 2.75) is 20.3 Å². The Morgan fingerprint density at radius 2 is 2.29 bits per heavy atom. The lowest BCUT2D eigenvalue weighted by Gasteiger charge is -1.90. The maximum atomic E-state index is 3.91. The van der Waals surface area contributed by atoms with E-state index in [-0.39, 0.29) is 0 Å². The van der Waals surface area contributed by atoms with Crippen molar-refractivity contribution >= 4 is 5.71 Å². The second-order valence-corrected chi connectivity index (χ2v) is 1.42. The Morgan fingerprint density at radius 3 is 2.43 bits per heavy atom. The number of nitrogens with one attached hydrogen (secondary N) is 1. The van der Waals surface area contributed by atoms with Gasteiger partial charge in [0, 0.05) is 12.8 Å². The molecule has 0 unspecified atom stereocenters. The minimum Gasteiger partial charge on any atom is -0.313 e. The van der Waals surface area contributed by atoms with Gasteiger partial charge in [-0.2, -0.15) is 5.10 Å². The lowest BCUT2D eigenvalue weighted by molar-refractivity contribution is 0.890. The normalized spacial score (nSPS) is 11.6. The van der Waals surface area contributed by atoms with Gasteiger partial charge in [-0.05, 0) is 13.3 Å². The molecule has 1 N–H and O–H groups in total. The fourth-order valence-electron chi connectivity index (χ4n) is 0.270. The van der Waals surface area contributed by atoms with Crippen LogP contribution >= 0.6 is 0 Å². The molecule has 0 aromatic rings. The third-order valence-electron chi connectivity index (χ3n) is 0.814. The highest BCUT2D eigenvalue weighted by molar-refractivity contribution is 5.81. The summed E-state index contributed by atoms with van der Waals surface area (Å²) in [5.41, 5.74) is 3.85. The summed E-state index contributed by atoms with van der Waals surface area (Å²) in [6.07, 6.45) is 1.03. The molecule has 0 amide bonds. The smallest absolute Gasteiger partial charge is 0.0344 e. The van der Waals surface area contributed by atoms with Crippen LogP contribution in [0.4, 0.5) is 0 Å². The summed E-state index contributed by atoms with van der Waals surface area (Å²) < 4.78 is 0. The van der Waals surface area contributed by atoms with E-state index in [1.807, 2.05) is 6.92 Å². The van der Waals surface area contributed by atoms with Crippen LogP contribution in [0.5, 0.6) is 0 Å². The summed E-state index contributed by atoms with van der Waals surface area (Å²) in [6.45, 7) is 4.08. The molecular weight excluding hydrogens is 88.1 g/mol. The van der Waals surface area contributed by atoms with Crippen molar-refractivity contribution in [3.63, 3.8) is 0 Å². The van der Waals surface area contributed by atoms with Crippen LogP contribution in [0.25, 0.3) is 0 Å². The summed E-state index contributed by atoms with van der Waals surface area (Å²) in [5, 5.41) is 3.91. The molecule has 0 fully saturated rings. The minimum absolute atomic E-state index is 1.03. The SMILES string of the molecule is CC/C(C)=N/NC. The van der Waals surface area contributed by atoms with E-state index in [1.165, 1.54) is 0 Å². The van der Waals surface area contributed by atoms with E-state index in [9.17, 15) is 0 Å². The molecule has 0 bridgehead atoms. The van der Waals surface area contributed by atoms with Crippen LogP contribution < -0.4 is 5.43 Å². The van der Waals surface area contributed by atoms with Crippen molar-refractivity contribution in [2.24, 2.45) is 5.10 Å². The van der Waals surface area contributed by atoms with Crippen LogP contribution in [0.1, 0.15) is 20.3 Å². The lowest BCUT2D eigenvalue weighted by Crippen LogP contribution is -1.99. The van der Waals surface area contributed by atoms with Gasteiger partial charge in [-0.15, -0.1) is 0 Å². The molecule has 0 aliphatic heterocycles. The van der Waals surface area contributed by atoms with Crippen LogP contribution in [-0.4, -0.2) is 12.8 Å². The third kappa shape index (κ3) is 3.30. The number of rotatable bonds is 2. The molecule has 0 radical (unpaired) electrons. The van der Waals surface area contributed by atoms with Crippen molar-refractivity contribution in [2.75, 3.05) is 7.05 Å². The van der Waals surface area contributed by atoms with Gasteiger partial charge in [-0.3, -0.25) is 0 Å². The lowest BCUT2D eigenvalue weighted by atomic mass is 10.3. The van der Waals surface area contributed by atoms with Gasteiger partial charge in [0.05, 0.1) is 0 Å². The van der Waals surface area contributed by atoms with Crippen molar-refractivity contribution in [3.05, 3.63) is 0 Å². The maximum absolute atomic E-state index is 3.91. The number of nitrogens with zero attached hydrogens (tertiary/aromatic N) is 1. The topological polar surface area (TPSA) is 24.4 Å². The zero-order valence-electron chi connectivity index (χ0n) is 5.15. The fourth-order valence-corrected chi connectivity index (χ4v) is 0.270. The number of hydrogen-bond donors (Lipinski definition) is 1. The monoisotopic (exact) mass is 100 g/mol. The van der Waals surface area contributed by atoms with Gasteiger partial charge in [0.1, 0.15) is 0 Å². The van der Waals surface area contributed by atoms with E-state index >= 15 is 0 Å². The van der Waals surface area contributed by atoms with Gasteiger partial charge < -0.3 is 5.43 Å². The van der Waals surface area contributed by atoms with Crippen molar-refractivity contribution in [3.8, 4) is 0 Å². The number of hydrogen-bond acceptors (Lipinski definition) is 2. The predicted molar refractivity (Wildman–Crippen MR) is 32.5 cm³/mol. The third-order valence-corrected chi connectivity index (χ3v) is 0.814. The van der Waals surface area contributed by atoms with Crippen LogP contribution in [0.15, 0.2) is 5.10 Å². The van der Waals surface area contributed by atoms with Crippen molar-refractivity contribution < 1.29 is 0 Å². The van der Waals surface area contributed by atoms with Crippen molar-refractivity contribution in [1.82, 2.24) is 5.43 Å². The fraction of sp³-hybridized carbons (Fsp3) is 0.800. The van der Waals surface area contributed by atoms with Crippen LogP contribution in [-0.2, 0) is 0 Å². The van der Waals surface area contributed by atoms with Crippen LogP contribution in [0.2, 0.25) is 0 Å². The van der Waals surface area contributed by atoms with Gasteiger partial charge in [0.2, 0.25) is 0 Å². The Kier molecular flexibility index (Phi) is 3.38. The van der Waals surface area contributed by atoms with E-state index in [0.29, 0.717) is 0 Å². The van der Waals surface area contributed by atoms with Crippen molar-refractivity contribution in [1.29, 1.82) is 0 Å². The van der Waals surface area contributed by atoms with Gasteiger partial charge in [0.15, 0.2) is 0 Å². The molecule has 2 nitrogen and oxygen atoms in total. The number of hydrazone groups is 1. The Morgan fingerprint density at radius 1 is 1.71 bits per heavy atom. The zero-order valence-corrected chi connectivity index (χ0v) is 5.15. The summed E-state index contributed by atoms with van der Waals surface area (Å²) in [7, 11) is 1.80. The summed E-state index contributed by atoms with van der Waals surface area (Å²) in [4.78, 5) is 0. The van der Waals surface area contributed by atoms with Gasteiger partial charge in [-0.25, -0.2) is 0 Å². The Balaban J connectivity index is 3.29. The second kappa shape index (κ2) is 3.65. The molecule has 0 aliphatic rings. The molecule has 0 aromatic carbocycles. The molecule has 0 saturated heterocycles. The highest BCUT2D eigenvalue weighted by Gasteiger charge is 1.78. The molecule has 2 heteroatoms. The molecule has 0 spiro atoms. The van der Waals surface area contributed by atoms with E-state index in [2.05, 4.69) is 17.5 Å². The summed E-state index contributed by atoms with van der Waals surface area (Å²) >= 11 is 0. The molecule has 0 aliphatic carbocycles. The largest absolute Gasteiger partial charge is 0.313 e. The molecule has 0 saturated carbocycles. The molecule has 42 valence electrons. The summed E-state index contributed by atoms with van der Waals surface area (Å²) in [5.74, 6) is 0. The van der Waals surface area contributed by atoms with Gasteiger partial charge in [0.25, 0.3) is 0 Å². The maximum Gasteiger partial charge on any atom is 0.0344 e. The first-order valence-corrected chi connectivity index (χ1v) is 2.51. The molecule has 0 atom stereocenters. The molecular formula is C5H12N2.